The van der Waals surface area contributed by atoms with E-state index in [0.29, 0.717) is 10.7 Å². The predicted octanol–water partition coefficient (Wildman–Crippen LogP) is 4.63. The second kappa shape index (κ2) is 9.11. The Balaban J connectivity index is 1.65. The Bertz CT molecular complexity index is 845. The highest BCUT2D eigenvalue weighted by molar-refractivity contribution is 6.30. The van der Waals surface area contributed by atoms with Gasteiger partial charge < -0.3 is 15.1 Å². The highest BCUT2D eigenvalue weighted by atomic mass is 35.5. The average molecular weight is 400 g/mol. The van der Waals surface area contributed by atoms with E-state index < -0.39 is 0 Å². The van der Waals surface area contributed by atoms with Crippen LogP contribution in [0.1, 0.15) is 31.7 Å². The predicted molar refractivity (Wildman–Crippen MR) is 115 cm³/mol. The molecule has 0 bridgehead atoms. The molecule has 148 valence electrons. The third-order valence-electron chi connectivity index (χ3n) is 5.00. The number of aryl methyl sites for hydroxylation is 1. The minimum atomic E-state index is -0.240. The Morgan fingerprint density at radius 1 is 1.07 bits per heavy atom. The van der Waals surface area contributed by atoms with Crippen molar-refractivity contribution >= 4 is 40.5 Å². The molecule has 1 aliphatic rings. The summed E-state index contributed by atoms with van der Waals surface area (Å²) in [6, 6.07) is 13.2. The lowest BCUT2D eigenvalue weighted by molar-refractivity contribution is -0.120. The zero-order chi connectivity index (χ0) is 20.1. The molecule has 1 saturated heterocycles. The summed E-state index contributed by atoms with van der Waals surface area (Å²) in [6.07, 6.45) is 3.75. The van der Waals surface area contributed by atoms with Gasteiger partial charge in [0.1, 0.15) is 6.54 Å². The first-order chi connectivity index (χ1) is 13.4. The summed E-state index contributed by atoms with van der Waals surface area (Å²) < 4.78 is 0. The number of amides is 2. The molecule has 0 aromatic heterocycles. The van der Waals surface area contributed by atoms with Gasteiger partial charge in [0.25, 0.3) is 0 Å². The van der Waals surface area contributed by atoms with Gasteiger partial charge in [-0.3, -0.25) is 9.59 Å². The zero-order valence-corrected chi connectivity index (χ0v) is 17.1. The SMILES string of the molecule is CC(=O)N(CC(=O)Nc1ccc(N2CCCCC2)cc1)c1ccc(Cl)cc1C. The number of carbonyl (C=O) groups excluding carboxylic acids is 2. The number of anilines is 3. The Morgan fingerprint density at radius 3 is 2.36 bits per heavy atom. The van der Waals surface area contributed by atoms with Gasteiger partial charge in [0.05, 0.1) is 0 Å². The molecule has 0 spiro atoms. The number of rotatable bonds is 5. The van der Waals surface area contributed by atoms with Crippen molar-refractivity contribution in [1.82, 2.24) is 0 Å². The second-order valence-electron chi connectivity index (χ2n) is 7.18. The smallest absolute Gasteiger partial charge is 0.244 e. The lowest BCUT2D eigenvalue weighted by atomic mass is 10.1. The fourth-order valence-electron chi connectivity index (χ4n) is 3.54. The Labute approximate surface area is 171 Å². The minimum Gasteiger partial charge on any atom is -0.372 e. The average Bonchev–Trinajstić information content (AvgIpc) is 2.68. The topological polar surface area (TPSA) is 52.7 Å². The first kappa shape index (κ1) is 20.2. The van der Waals surface area contributed by atoms with E-state index in [-0.39, 0.29) is 18.4 Å². The van der Waals surface area contributed by atoms with E-state index in [2.05, 4.69) is 10.2 Å². The van der Waals surface area contributed by atoms with Crippen molar-refractivity contribution in [3.05, 3.63) is 53.1 Å². The van der Waals surface area contributed by atoms with Crippen LogP contribution >= 0.6 is 11.6 Å². The standard InChI is InChI=1S/C22H26ClN3O2/c1-16-14-18(23)6-11-21(16)26(17(2)27)15-22(28)24-19-7-9-20(10-8-19)25-12-4-3-5-13-25/h6-11,14H,3-5,12-13,15H2,1-2H3,(H,24,28). The van der Waals surface area contributed by atoms with Crippen molar-refractivity contribution < 1.29 is 9.59 Å². The van der Waals surface area contributed by atoms with Crippen LogP contribution in [0.4, 0.5) is 17.1 Å². The summed E-state index contributed by atoms with van der Waals surface area (Å²) in [5.74, 6) is -0.434. The Kier molecular flexibility index (Phi) is 6.57. The summed E-state index contributed by atoms with van der Waals surface area (Å²) in [4.78, 5) is 28.5. The van der Waals surface area contributed by atoms with Crippen LogP contribution in [0.2, 0.25) is 5.02 Å². The Morgan fingerprint density at radius 2 is 1.75 bits per heavy atom. The maximum absolute atomic E-state index is 12.5. The third-order valence-corrected chi connectivity index (χ3v) is 5.24. The Hall–Kier alpha value is -2.53. The lowest BCUT2D eigenvalue weighted by Gasteiger charge is -2.29. The van der Waals surface area contributed by atoms with Crippen LogP contribution in [0.3, 0.4) is 0 Å². The molecule has 2 aromatic rings. The molecule has 0 radical (unpaired) electrons. The van der Waals surface area contributed by atoms with E-state index in [4.69, 9.17) is 11.6 Å². The molecule has 0 saturated carbocycles. The molecule has 0 aliphatic carbocycles. The van der Waals surface area contributed by atoms with Gasteiger partial charge in [-0.25, -0.2) is 0 Å². The van der Waals surface area contributed by atoms with Crippen LogP contribution in [0, 0.1) is 6.92 Å². The van der Waals surface area contributed by atoms with Crippen molar-refractivity contribution in [3.63, 3.8) is 0 Å². The quantitative estimate of drug-likeness (QED) is 0.797. The number of nitrogens with one attached hydrogen (secondary N) is 1. The molecule has 0 unspecified atom stereocenters. The largest absolute Gasteiger partial charge is 0.372 e. The highest BCUT2D eigenvalue weighted by Gasteiger charge is 2.18. The van der Waals surface area contributed by atoms with E-state index in [1.807, 2.05) is 31.2 Å². The van der Waals surface area contributed by atoms with Gasteiger partial charge in [-0.15, -0.1) is 0 Å². The normalized spacial score (nSPS) is 13.9. The van der Waals surface area contributed by atoms with Gasteiger partial charge in [0, 0.05) is 42.1 Å². The van der Waals surface area contributed by atoms with Crippen molar-refractivity contribution in [2.75, 3.05) is 34.8 Å². The fraction of sp³-hybridized carbons (Fsp3) is 0.364. The molecule has 1 aliphatic heterocycles. The van der Waals surface area contributed by atoms with Crippen LogP contribution in [0.25, 0.3) is 0 Å². The zero-order valence-electron chi connectivity index (χ0n) is 16.4. The number of nitrogens with zero attached hydrogens (tertiary/aromatic N) is 2. The molecule has 2 aromatic carbocycles. The second-order valence-corrected chi connectivity index (χ2v) is 7.62. The molecule has 1 N–H and O–H groups in total. The van der Waals surface area contributed by atoms with Gasteiger partial charge in [-0.05, 0) is 74.2 Å². The number of benzene rings is 2. The van der Waals surface area contributed by atoms with E-state index in [0.717, 1.165) is 24.3 Å². The molecule has 3 rings (SSSR count). The van der Waals surface area contributed by atoms with Crippen molar-refractivity contribution in [2.24, 2.45) is 0 Å². The van der Waals surface area contributed by atoms with Gasteiger partial charge in [0.15, 0.2) is 0 Å². The summed E-state index contributed by atoms with van der Waals surface area (Å²) in [5, 5.41) is 3.48. The number of carbonyl (C=O) groups is 2. The summed E-state index contributed by atoms with van der Waals surface area (Å²) in [7, 11) is 0. The number of halogens is 1. The highest BCUT2D eigenvalue weighted by Crippen LogP contribution is 2.24. The van der Waals surface area contributed by atoms with Gasteiger partial charge in [-0.1, -0.05) is 11.6 Å². The lowest BCUT2D eigenvalue weighted by Crippen LogP contribution is -2.37. The number of piperidine rings is 1. The summed E-state index contributed by atoms with van der Waals surface area (Å²) >= 11 is 6.00. The first-order valence-electron chi connectivity index (χ1n) is 9.63. The van der Waals surface area contributed by atoms with E-state index in [1.54, 1.807) is 18.2 Å². The number of hydrogen-bond donors (Lipinski definition) is 1. The molecule has 0 atom stereocenters. The van der Waals surface area contributed by atoms with Gasteiger partial charge >= 0.3 is 0 Å². The van der Waals surface area contributed by atoms with Crippen molar-refractivity contribution in [1.29, 1.82) is 0 Å². The molecule has 28 heavy (non-hydrogen) atoms. The summed E-state index contributed by atoms with van der Waals surface area (Å²) in [6.45, 7) is 5.44. The van der Waals surface area contributed by atoms with E-state index in [9.17, 15) is 9.59 Å². The molecule has 6 heteroatoms. The van der Waals surface area contributed by atoms with Crippen LogP contribution < -0.4 is 15.1 Å². The van der Waals surface area contributed by atoms with Crippen LogP contribution in [-0.2, 0) is 9.59 Å². The van der Waals surface area contributed by atoms with E-state index in [1.165, 1.54) is 36.8 Å². The van der Waals surface area contributed by atoms with E-state index >= 15 is 0 Å². The summed E-state index contributed by atoms with van der Waals surface area (Å²) in [5.41, 5.74) is 3.44. The van der Waals surface area contributed by atoms with Crippen molar-refractivity contribution in [3.8, 4) is 0 Å². The number of hydrogen-bond acceptors (Lipinski definition) is 3. The molecular formula is C22H26ClN3O2. The molecular weight excluding hydrogens is 374 g/mol. The molecule has 1 heterocycles. The monoisotopic (exact) mass is 399 g/mol. The molecule has 5 nitrogen and oxygen atoms in total. The van der Waals surface area contributed by atoms with Gasteiger partial charge in [0.2, 0.25) is 11.8 Å². The van der Waals surface area contributed by atoms with Crippen LogP contribution in [0.15, 0.2) is 42.5 Å². The van der Waals surface area contributed by atoms with Crippen LogP contribution in [-0.4, -0.2) is 31.4 Å². The fourth-order valence-corrected chi connectivity index (χ4v) is 3.77. The minimum absolute atomic E-state index is 0.0499. The molecule has 1 fully saturated rings. The van der Waals surface area contributed by atoms with Crippen LogP contribution in [0.5, 0.6) is 0 Å². The maximum Gasteiger partial charge on any atom is 0.244 e. The first-order valence-corrected chi connectivity index (χ1v) is 10.0. The van der Waals surface area contributed by atoms with Gasteiger partial charge in [-0.2, -0.15) is 0 Å². The third kappa shape index (κ3) is 5.04. The maximum atomic E-state index is 12.5. The van der Waals surface area contributed by atoms with Crippen molar-refractivity contribution in [2.45, 2.75) is 33.1 Å². The molecule has 2 amide bonds.